The van der Waals surface area contributed by atoms with E-state index in [0.29, 0.717) is 18.4 Å². The SMILES string of the molecule is CC(C)N1CCc2c(ncnc2N(C)c2ccccc2C(F)(F)F)C1. The van der Waals surface area contributed by atoms with Crippen LogP contribution in [-0.4, -0.2) is 34.5 Å². The molecule has 0 atom stereocenters. The molecule has 0 fully saturated rings. The molecule has 0 unspecified atom stereocenters. The molecule has 0 bridgehead atoms. The Morgan fingerprint density at radius 1 is 1.16 bits per heavy atom. The number of benzene rings is 1. The van der Waals surface area contributed by atoms with E-state index in [1.807, 2.05) is 0 Å². The monoisotopic (exact) mass is 350 g/mol. The smallest absolute Gasteiger partial charge is 0.329 e. The first-order valence-corrected chi connectivity index (χ1v) is 8.25. The minimum absolute atomic E-state index is 0.0992. The van der Waals surface area contributed by atoms with Crippen LogP contribution in [0.3, 0.4) is 0 Å². The molecular formula is C18H21F3N4. The van der Waals surface area contributed by atoms with E-state index >= 15 is 0 Å². The number of aromatic nitrogens is 2. The van der Waals surface area contributed by atoms with Crippen molar-refractivity contribution in [2.45, 2.75) is 39.0 Å². The Morgan fingerprint density at radius 2 is 1.88 bits per heavy atom. The molecule has 0 spiro atoms. The molecular weight excluding hydrogens is 329 g/mol. The van der Waals surface area contributed by atoms with Crippen molar-refractivity contribution in [2.75, 3.05) is 18.5 Å². The third-order valence-electron chi connectivity index (χ3n) is 4.63. The molecule has 0 radical (unpaired) electrons. The van der Waals surface area contributed by atoms with Crippen LogP contribution in [0.15, 0.2) is 30.6 Å². The molecule has 0 aliphatic carbocycles. The van der Waals surface area contributed by atoms with Crippen molar-refractivity contribution in [2.24, 2.45) is 0 Å². The van der Waals surface area contributed by atoms with Gasteiger partial charge in [-0.2, -0.15) is 13.2 Å². The topological polar surface area (TPSA) is 32.3 Å². The van der Waals surface area contributed by atoms with Crippen LogP contribution in [0.25, 0.3) is 0 Å². The van der Waals surface area contributed by atoms with Crippen molar-refractivity contribution in [3.63, 3.8) is 0 Å². The first-order chi connectivity index (χ1) is 11.8. The normalized spacial score (nSPS) is 15.3. The molecule has 1 aliphatic rings. The lowest BCUT2D eigenvalue weighted by Crippen LogP contribution is -2.37. The number of hydrogen-bond acceptors (Lipinski definition) is 4. The first-order valence-electron chi connectivity index (χ1n) is 8.25. The van der Waals surface area contributed by atoms with Crippen LogP contribution in [0.4, 0.5) is 24.7 Å². The molecule has 134 valence electrons. The van der Waals surface area contributed by atoms with Crippen LogP contribution < -0.4 is 4.90 Å². The van der Waals surface area contributed by atoms with E-state index in [1.165, 1.54) is 23.4 Å². The van der Waals surface area contributed by atoms with Gasteiger partial charge in [0.15, 0.2) is 0 Å². The summed E-state index contributed by atoms with van der Waals surface area (Å²) in [5.74, 6) is 0.546. The molecule has 3 rings (SSSR count). The van der Waals surface area contributed by atoms with Crippen molar-refractivity contribution >= 4 is 11.5 Å². The van der Waals surface area contributed by atoms with Crippen LogP contribution in [0, 0.1) is 0 Å². The molecule has 2 aromatic rings. The van der Waals surface area contributed by atoms with E-state index in [1.54, 1.807) is 13.1 Å². The fourth-order valence-corrected chi connectivity index (χ4v) is 3.21. The molecule has 0 saturated carbocycles. The maximum Gasteiger partial charge on any atom is 0.418 e. The van der Waals surface area contributed by atoms with Gasteiger partial charge in [-0.25, -0.2) is 9.97 Å². The van der Waals surface area contributed by atoms with Gasteiger partial charge < -0.3 is 4.90 Å². The molecule has 0 amide bonds. The molecule has 4 nitrogen and oxygen atoms in total. The second-order valence-corrected chi connectivity index (χ2v) is 6.51. The Labute approximate surface area is 145 Å². The van der Waals surface area contributed by atoms with Crippen LogP contribution in [0.1, 0.15) is 30.7 Å². The second-order valence-electron chi connectivity index (χ2n) is 6.51. The highest BCUT2D eigenvalue weighted by Crippen LogP contribution is 2.39. The fraction of sp³-hybridized carbons (Fsp3) is 0.444. The summed E-state index contributed by atoms with van der Waals surface area (Å²) >= 11 is 0. The van der Waals surface area contributed by atoms with Crippen molar-refractivity contribution in [1.29, 1.82) is 0 Å². The van der Waals surface area contributed by atoms with Gasteiger partial charge in [0.25, 0.3) is 0 Å². The van der Waals surface area contributed by atoms with Crippen molar-refractivity contribution in [3.05, 3.63) is 47.4 Å². The Hall–Kier alpha value is -2.15. The average Bonchev–Trinajstić information content (AvgIpc) is 2.59. The van der Waals surface area contributed by atoms with Crippen LogP contribution in [0.2, 0.25) is 0 Å². The summed E-state index contributed by atoms with van der Waals surface area (Å²) in [6.45, 7) is 5.79. The van der Waals surface area contributed by atoms with E-state index in [4.69, 9.17) is 0 Å². The average molecular weight is 350 g/mol. The van der Waals surface area contributed by atoms with Gasteiger partial charge in [-0.05, 0) is 32.4 Å². The Kier molecular flexibility index (Phi) is 4.69. The third kappa shape index (κ3) is 3.46. The largest absolute Gasteiger partial charge is 0.418 e. The summed E-state index contributed by atoms with van der Waals surface area (Å²) in [5, 5.41) is 0. The molecule has 2 heterocycles. The fourth-order valence-electron chi connectivity index (χ4n) is 3.21. The zero-order chi connectivity index (χ0) is 18.2. The van der Waals surface area contributed by atoms with Crippen molar-refractivity contribution in [1.82, 2.24) is 14.9 Å². The van der Waals surface area contributed by atoms with E-state index < -0.39 is 11.7 Å². The van der Waals surface area contributed by atoms with Gasteiger partial charge >= 0.3 is 6.18 Å². The highest BCUT2D eigenvalue weighted by Gasteiger charge is 2.35. The zero-order valence-electron chi connectivity index (χ0n) is 14.5. The maximum atomic E-state index is 13.3. The number of fused-ring (bicyclic) bond motifs is 1. The van der Waals surface area contributed by atoms with E-state index in [2.05, 4.69) is 28.7 Å². The standard InChI is InChI=1S/C18H21F3N4/c1-12(2)25-9-8-13-15(10-25)22-11-23-17(13)24(3)16-7-5-4-6-14(16)18(19,20)21/h4-7,11-12H,8-10H2,1-3H3. The molecule has 1 aromatic heterocycles. The molecule has 1 aliphatic heterocycles. The van der Waals surface area contributed by atoms with Gasteiger partial charge in [0, 0.05) is 31.7 Å². The summed E-state index contributed by atoms with van der Waals surface area (Å²) in [7, 11) is 1.63. The van der Waals surface area contributed by atoms with E-state index in [-0.39, 0.29) is 5.69 Å². The highest BCUT2D eigenvalue weighted by molar-refractivity contribution is 5.66. The van der Waals surface area contributed by atoms with Gasteiger partial charge in [-0.1, -0.05) is 12.1 Å². The molecule has 7 heteroatoms. The predicted octanol–water partition coefficient (Wildman–Crippen LogP) is 4.03. The number of halogens is 3. The highest BCUT2D eigenvalue weighted by atomic mass is 19.4. The summed E-state index contributed by atoms with van der Waals surface area (Å²) < 4.78 is 40.0. The Balaban J connectivity index is 2.01. The number of para-hydroxylation sites is 1. The van der Waals surface area contributed by atoms with Crippen molar-refractivity contribution < 1.29 is 13.2 Å². The van der Waals surface area contributed by atoms with Crippen molar-refractivity contribution in [3.8, 4) is 0 Å². The zero-order valence-corrected chi connectivity index (χ0v) is 14.5. The quantitative estimate of drug-likeness (QED) is 0.837. The van der Waals surface area contributed by atoms with Crippen LogP contribution in [0.5, 0.6) is 0 Å². The summed E-state index contributed by atoms with van der Waals surface area (Å²) in [6.07, 6.45) is -2.25. The van der Waals surface area contributed by atoms with Crippen LogP contribution >= 0.6 is 0 Å². The lowest BCUT2D eigenvalue weighted by molar-refractivity contribution is -0.137. The lowest BCUT2D eigenvalue weighted by Gasteiger charge is -2.33. The summed E-state index contributed by atoms with van der Waals surface area (Å²) in [5.41, 5.74) is 1.26. The number of hydrogen-bond donors (Lipinski definition) is 0. The predicted molar refractivity (Wildman–Crippen MR) is 90.8 cm³/mol. The number of rotatable bonds is 3. The Morgan fingerprint density at radius 3 is 2.56 bits per heavy atom. The van der Waals surface area contributed by atoms with Gasteiger partial charge in [0.05, 0.1) is 16.9 Å². The van der Waals surface area contributed by atoms with Gasteiger partial charge in [0.1, 0.15) is 12.1 Å². The molecule has 0 N–H and O–H groups in total. The summed E-state index contributed by atoms with van der Waals surface area (Å²) in [4.78, 5) is 12.5. The first kappa shape index (κ1) is 17.7. The second kappa shape index (κ2) is 6.63. The number of nitrogens with zero attached hydrogens (tertiary/aromatic N) is 4. The van der Waals surface area contributed by atoms with Gasteiger partial charge in [-0.3, -0.25) is 4.90 Å². The number of anilines is 2. The molecule has 1 aromatic carbocycles. The Bertz CT molecular complexity index is 758. The van der Waals surface area contributed by atoms with Gasteiger partial charge in [-0.15, -0.1) is 0 Å². The number of alkyl halides is 3. The summed E-state index contributed by atoms with van der Waals surface area (Å²) in [6, 6.07) is 5.97. The van der Waals surface area contributed by atoms with Gasteiger partial charge in [0.2, 0.25) is 0 Å². The minimum atomic E-state index is -4.41. The maximum absolute atomic E-state index is 13.3. The molecule has 0 saturated heterocycles. The van der Waals surface area contributed by atoms with E-state index in [9.17, 15) is 13.2 Å². The lowest BCUT2D eigenvalue weighted by atomic mass is 10.0. The van der Waals surface area contributed by atoms with Crippen LogP contribution in [-0.2, 0) is 19.1 Å². The van der Waals surface area contributed by atoms with E-state index in [0.717, 1.165) is 30.3 Å². The minimum Gasteiger partial charge on any atom is -0.329 e. The third-order valence-corrected chi connectivity index (χ3v) is 4.63. The molecule has 25 heavy (non-hydrogen) atoms.